The maximum absolute atomic E-state index is 9.30. The molecule has 1 aromatic rings. The van der Waals surface area contributed by atoms with Crippen molar-refractivity contribution in [1.29, 1.82) is 0 Å². The molecule has 2 heteroatoms. The number of aliphatic hydroxyl groups is 1. The van der Waals surface area contributed by atoms with Gasteiger partial charge in [-0.1, -0.05) is 6.92 Å². The Labute approximate surface area is 85.9 Å². The van der Waals surface area contributed by atoms with E-state index in [1.807, 2.05) is 26.0 Å². The molecule has 2 nitrogen and oxygen atoms in total. The van der Waals surface area contributed by atoms with Crippen molar-refractivity contribution in [3.63, 3.8) is 0 Å². The summed E-state index contributed by atoms with van der Waals surface area (Å²) < 4.78 is 5.46. The predicted molar refractivity (Wildman–Crippen MR) is 57.2 cm³/mol. The van der Waals surface area contributed by atoms with Crippen molar-refractivity contribution >= 4 is 0 Å². The van der Waals surface area contributed by atoms with Crippen LogP contribution in [-0.2, 0) is 6.42 Å². The van der Waals surface area contributed by atoms with Crippen LogP contribution >= 0.6 is 0 Å². The number of hydrogen-bond acceptors (Lipinski definition) is 2. The molecule has 1 heterocycles. The summed E-state index contributed by atoms with van der Waals surface area (Å²) in [6, 6.07) is 4.02. The van der Waals surface area contributed by atoms with Crippen molar-refractivity contribution in [2.45, 2.75) is 46.1 Å². The van der Waals surface area contributed by atoms with E-state index >= 15 is 0 Å². The largest absolute Gasteiger partial charge is 0.466 e. The van der Waals surface area contributed by atoms with Crippen LogP contribution in [0.25, 0.3) is 0 Å². The molecule has 0 aliphatic rings. The summed E-state index contributed by atoms with van der Waals surface area (Å²) in [5.41, 5.74) is 0. The minimum Gasteiger partial charge on any atom is -0.466 e. The van der Waals surface area contributed by atoms with Gasteiger partial charge in [-0.05, 0) is 44.7 Å². The normalized spacial score (nSPS) is 15.4. The van der Waals surface area contributed by atoms with E-state index < -0.39 is 0 Å². The van der Waals surface area contributed by atoms with E-state index in [1.54, 1.807) is 0 Å². The van der Waals surface area contributed by atoms with Crippen LogP contribution in [0.5, 0.6) is 0 Å². The SMILES string of the molecule is Cc1ccc(CCCC(C)C(C)O)o1. The van der Waals surface area contributed by atoms with Gasteiger partial charge in [-0.25, -0.2) is 0 Å². The van der Waals surface area contributed by atoms with E-state index in [0.29, 0.717) is 5.92 Å². The maximum Gasteiger partial charge on any atom is 0.104 e. The minimum atomic E-state index is -0.201. The Morgan fingerprint density at radius 3 is 2.57 bits per heavy atom. The lowest BCUT2D eigenvalue weighted by Gasteiger charge is -2.13. The van der Waals surface area contributed by atoms with E-state index in [2.05, 4.69) is 6.92 Å². The molecule has 1 rings (SSSR count). The van der Waals surface area contributed by atoms with E-state index in [-0.39, 0.29) is 6.10 Å². The van der Waals surface area contributed by atoms with Gasteiger partial charge in [-0.15, -0.1) is 0 Å². The number of hydrogen-bond donors (Lipinski definition) is 1. The highest BCUT2D eigenvalue weighted by Crippen LogP contribution is 2.14. The fraction of sp³-hybridized carbons (Fsp3) is 0.667. The van der Waals surface area contributed by atoms with E-state index in [0.717, 1.165) is 30.8 Å². The van der Waals surface area contributed by atoms with Crippen LogP contribution in [0.1, 0.15) is 38.2 Å². The molecule has 80 valence electrons. The third-order valence-corrected chi connectivity index (χ3v) is 2.70. The number of aryl methyl sites for hydroxylation is 2. The molecule has 0 fully saturated rings. The number of aliphatic hydroxyl groups excluding tert-OH is 1. The molecule has 0 saturated carbocycles. The summed E-state index contributed by atoms with van der Waals surface area (Å²) in [6.45, 7) is 5.89. The summed E-state index contributed by atoms with van der Waals surface area (Å²) in [4.78, 5) is 0. The molecule has 2 atom stereocenters. The summed E-state index contributed by atoms with van der Waals surface area (Å²) in [5.74, 6) is 2.41. The second-order valence-corrected chi connectivity index (χ2v) is 4.12. The van der Waals surface area contributed by atoms with Gasteiger partial charge >= 0.3 is 0 Å². The molecule has 0 bridgehead atoms. The average Bonchev–Trinajstić information content (AvgIpc) is 2.51. The highest BCUT2D eigenvalue weighted by atomic mass is 16.3. The standard InChI is InChI=1S/C12H20O2/c1-9(11(3)13)5-4-6-12-8-7-10(2)14-12/h7-9,11,13H,4-6H2,1-3H3. The molecule has 0 saturated heterocycles. The molecular weight excluding hydrogens is 176 g/mol. The zero-order chi connectivity index (χ0) is 10.6. The molecule has 2 unspecified atom stereocenters. The van der Waals surface area contributed by atoms with Gasteiger partial charge in [0.25, 0.3) is 0 Å². The molecule has 1 N–H and O–H groups in total. The van der Waals surface area contributed by atoms with Crippen LogP contribution in [0.2, 0.25) is 0 Å². The van der Waals surface area contributed by atoms with Crippen LogP contribution in [0.15, 0.2) is 16.5 Å². The molecule has 0 aliphatic heterocycles. The molecule has 0 amide bonds. The van der Waals surface area contributed by atoms with Gasteiger partial charge in [0, 0.05) is 6.42 Å². The van der Waals surface area contributed by atoms with Gasteiger partial charge in [0.05, 0.1) is 6.10 Å². The van der Waals surface area contributed by atoms with Crippen LogP contribution in [-0.4, -0.2) is 11.2 Å². The highest BCUT2D eigenvalue weighted by Gasteiger charge is 2.08. The zero-order valence-corrected chi connectivity index (χ0v) is 9.29. The second-order valence-electron chi connectivity index (χ2n) is 4.12. The first-order valence-corrected chi connectivity index (χ1v) is 5.33. The zero-order valence-electron chi connectivity index (χ0n) is 9.29. The van der Waals surface area contributed by atoms with Crippen molar-refractivity contribution in [3.8, 4) is 0 Å². The smallest absolute Gasteiger partial charge is 0.104 e. The lowest BCUT2D eigenvalue weighted by Crippen LogP contribution is -2.12. The quantitative estimate of drug-likeness (QED) is 0.785. The Balaban J connectivity index is 2.22. The van der Waals surface area contributed by atoms with Crippen LogP contribution in [0.3, 0.4) is 0 Å². The van der Waals surface area contributed by atoms with E-state index in [1.165, 1.54) is 0 Å². The highest BCUT2D eigenvalue weighted by molar-refractivity contribution is 5.05. The summed E-state index contributed by atoms with van der Waals surface area (Å²) >= 11 is 0. The van der Waals surface area contributed by atoms with Crippen molar-refractivity contribution < 1.29 is 9.52 Å². The Morgan fingerprint density at radius 1 is 1.36 bits per heavy atom. The summed E-state index contributed by atoms with van der Waals surface area (Å²) in [7, 11) is 0. The fourth-order valence-corrected chi connectivity index (χ4v) is 1.46. The van der Waals surface area contributed by atoms with Crippen LogP contribution in [0.4, 0.5) is 0 Å². The Kier molecular flexibility index (Phi) is 4.21. The molecular formula is C12H20O2. The minimum absolute atomic E-state index is 0.201. The average molecular weight is 196 g/mol. The van der Waals surface area contributed by atoms with Gasteiger partial charge in [-0.2, -0.15) is 0 Å². The molecule has 0 radical (unpaired) electrons. The lowest BCUT2D eigenvalue weighted by molar-refractivity contribution is 0.128. The fourth-order valence-electron chi connectivity index (χ4n) is 1.46. The van der Waals surface area contributed by atoms with Crippen molar-refractivity contribution in [3.05, 3.63) is 23.7 Å². The van der Waals surface area contributed by atoms with Gasteiger partial charge in [-0.3, -0.25) is 0 Å². The van der Waals surface area contributed by atoms with E-state index in [9.17, 15) is 5.11 Å². The Morgan fingerprint density at radius 2 is 2.07 bits per heavy atom. The molecule has 0 aromatic carbocycles. The first-order valence-electron chi connectivity index (χ1n) is 5.33. The number of rotatable bonds is 5. The maximum atomic E-state index is 9.30. The summed E-state index contributed by atoms with van der Waals surface area (Å²) in [5, 5.41) is 9.30. The molecule has 14 heavy (non-hydrogen) atoms. The van der Waals surface area contributed by atoms with Crippen LogP contribution < -0.4 is 0 Å². The first kappa shape index (κ1) is 11.3. The molecule has 1 aromatic heterocycles. The van der Waals surface area contributed by atoms with Gasteiger partial charge < -0.3 is 9.52 Å². The summed E-state index contributed by atoms with van der Waals surface area (Å²) in [6.07, 6.45) is 2.91. The van der Waals surface area contributed by atoms with Crippen LogP contribution in [0, 0.1) is 12.8 Å². The number of furan rings is 1. The third-order valence-electron chi connectivity index (χ3n) is 2.70. The molecule has 0 aliphatic carbocycles. The van der Waals surface area contributed by atoms with Crippen molar-refractivity contribution in [2.24, 2.45) is 5.92 Å². The molecule has 0 spiro atoms. The second kappa shape index (κ2) is 5.20. The van der Waals surface area contributed by atoms with Gasteiger partial charge in [0.15, 0.2) is 0 Å². The topological polar surface area (TPSA) is 33.4 Å². The van der Waals surface area contributed by atoms with Gasteiger partial charge in [0.1, 0.15) is 11.5 Å². The monoisotopic (exact) mass is 196 g/mol. The Hall–Kier alpha value is -0.760. The van der Waals surface area contributed by atoms with Gasteiger partial charge in [0.2, 0.25) is 0 Å². The Bertz CT molecular complexity index is 263. The third kappa shape index (κ3) is 3.54. The first-order chi connectivity index (χ1) is 6.59. The predicted octanol–water partition coefficient (Wildman–Crippen LogP) is 2.93. The van der Waals surface area contributed by atoms with Crippen molar-refractivity contribution in [2.75, 3.05) is 0 Å². The lowest BCUT2D eigenvalue weighted by atomic mass is 9.99. The van der Waals surface area contributed by atoms with E-state index in [4.69, 9.17) is 4.42 Å². The van der Waals surface area contributed by atoms with Crippen molar-refractivity contribution in [1.82, 2.24) is 0 Å².